The maximum atomic E-state index is 14.9. The van der Waals surface area contributed by atoms with Gasteiger partial charge in [0.05, 0.1) is 0 Å². The Morgan fingerprint density at radius 2 is 0.738 bits per heavy atom. The first-order valence-corrected chi connectivity index (χ1v) is 17.2. The summed E-state index contributed by atoms with van der Waals surface area (Å²) in [6.45, 7) is 20.7. The molecule has 0 amide bonds. The molecule has 0 spiro atoms. The number of phosphoric ester groups is 1. The molecule has 0 saturated carbocycles. The normalized spacial score (nSPS) is 12.0. The minimum atomic E-state index is -4.64. The first kappa shape index (κ1) is 35.6. The van der Waals surface area contributed by atoms with E-state index in [1.165, 1.54) is 0 Å². The molecule has 0 radical (unpaired) electrons. The van der Waals surface area contributed by atoms with Gasteiger partial charge in [-0.15, -0.1) is 0 Å². The fraction of sp³-hybridized carbons (Fsp3) is 0.438. The van der Waals surface area contributed by atoms with E-state index in [1.807, 2.05) is 68.4 Å². The molecule has 0 saturated heterocycles. The standard InChI is InChI=1S/C32H43O4P.H3O4P/c1-20(2)26-16-12-17-27(21(3)4)31(26)35-37(33,34-30-24(9)14-11-15-25(30)10)36-32-28(22(5)6)18-13-19-29(32)23(7)8;1-5(2,3)4/h11-23H,1-10H3;(H3,1,2,3,4). The van der Waals surface area contributed by atoms with Crippen LogP contribution in [0.3, 0.4) is 0 Å². The molecule has 3 aromatic carbocycles. The predicted octanol–water partition coefficient (Wildman–Crippen LogP) is 9.51. The van der Waals surface area contributed by atoms with E-state index in [1.54, 1.807) is 0 Å². The van der Waals surface area contributed by atoms with Gasteiger partial charge in [-0.25, -0.2) is 4.57 Å². The number of benzene rings is 3. The minimum absolute atomic E-state index is 0.163. The molecule has 8 nitrogen and oxygen atoms in total. The number of para-hydroxylation sites is 3. The zero-order chi connectivity index (χ0) is 32.0. The van der Waals surface area contributed by atoms with Crippen LogP contribution in [0, 0.1) is 13.8 Å². The Morgan fingerprint density at radius 3 is 1.00 bits per heavy atom. The van der Waals surface area contributed by atoms with E-state index in [-0.39, 0.29) is 23.7 Å². The second kappa shape index (κ2) is 14.7. The first-order chi connectivity index (χ1) is 19.3. The van der Waals surface area contributed by atoms with Gasteiger partial charge in [0.1, 0.15) is 17.2 Å². The van der Waals surface area contributed by atoms with Crippen molar-refractivity contribution in [1.29, 1.82) is 0 Å². The summed E-state index contributed by atoms with van der Waals surface area (Å²) in [7, 11) is -8.84. The number of hydrogen-bond donors (Lipinski definition) is 3. The highest BCUT2D eigenvalue weighted by Crippen LogP contribution is 2.55. The van der Waals surface area contributed by atoms with E-state index in [4.69, 9.17) is 32.8 Å². The largest absolute Gasteiger partial charge is 0.647 e. The topological polar surface area (TPSA) is 123 Å². The van der Waals surface area contributed by atoms with Crippen LogP contribution in [0.15, 0.2) is 54.6 Å². The lowest BCUT2D eigenvalue weighted by molar-refractivity contribution is 0.275. The highest BCUT2D eigenvalue weighted by atomic mass is 31.2. The Kier molecular flexibility index (Phi) is 12.5. The summed E-state index contributed by atoms with van der Waals surface area (Å²) in [5.41, 5.74) is 5.63. The molecular weight excluding hydrogens is 574 g/mol. The van der Waals surface area contributed by atoms with Gasteiger partial charge in [0.25, 0.3) is 0 Å². The first-order valence-electron chi connectivity index (χ1n) is 14.1. The van der Waals surface area contributed by atoms with Crippen molar-refractivity contribution in [1.82, 2.24) is 0 Å². The highest BCUT2D eigenvalue weighted by molar-refractivity contribution is 7.49. The van der Waals surface area contributed by atoms with E-state index in [9.17, 15) is 4.57 Å². The molecule has 3 rings (SSSR count). The van der Waals surface area contributed by atoms with Gasteiger partial charge in [-0.1, -0.05) is 110 Å². The third-order valence-electron chi connectivity index (χ3n) is 6.66. The SMILES string of the molecule is Cc1cccc(C)c1OP(=O)(Oc1c(C(C)C)cccc1C(C)C)Oc1c(C(C)C)cccc1C(C)C.O=P(O)(O)O. The third kappa shape index (κ3) is 10.00. The van der Waals surface area contributed by atoms with Gasteiger partial charge in [0.15, 0.2) is 0 Å². The van der Waals surface area contributed by atoms with E-state index in [0.717, 1.165) is 33.4 Å². The predicted molar refractivity (Wildman–Crippen MR) is 169 cm³/mol. The maximum Gasteiger partial charge on any atom is 0.647 e. The van der Waals surface area contributed by atoms with E-state index >= 15 is 0 Å². The Bertz CT molecular complexity index is 1290. The van der Waals surface area contributed by atoms with E-state index in [2.05, 4.69) is 55.4 Å². The molecule has 10 heteroatoms. The average molecular weight is 621 g/mol. The zero-order valence-corrected chi connectivity index (χ0v) is 28.1. The van der Waals surface area contributed by atoms with Crippen LogP contribution in [-0.2, 0) is 9.13 Å². The van der Waals surface area contributed by atoms with E-state index in [0.29, 0.717) is 17.2 Å². The summed E-state index contributed by atoms with van der Waals surface area (Å²) in [6, 6.07) is 18.0. The lowest BCUT2D eigenvalue weighted by Crippen LogP contribution is -2.14. The molecule has 0 aliphatic rings. The molecule has 0 unspecified atom stereocenters. The Balaban J connectivity index is 0.00000113. The molecule has 0 aliphatic carbocycles. The van der Waals surface area contributed by atoms with E-state index < -0.39 is 15.6 Å². The summed E-state index contributed by atoms with van der Waals surface area (Å²) in [5.74, 6) is 2.33. The number of aryl methyl sites for hydroxylation is 2. The summed E-state index contributed by atoms with van der Waals surface area (Å²) < 4.78 is 43.0. The van der Waals surface area contributed by atoms with Crippen molar-refractivity contribution >= 4 is 15.6 Å². The molecular formula is C32H46O8P2. The molecule has 0 bridgehead atoms. The molecule has 42 heavy (non-hydrogen) atoms. The molecule has 0 heterocycles. The Hall–Kier alpha value is -2.60. The van der Waals surface area contributed by atoms with Crippen LogP contribution < -0.4 is 13.6 Å². The fourth-order valence-corrected chi connectivity index (χ4v) is 6.00. The minimum Gasteiger partial charge on any atom is -0.385 e. The van der Waals surface area contributed by atoms with Crippen LogP contribution in [0.4, 0.5) is 0 Å². The average Bonchev–Trinajstić information content (AvgIpc) is 2.85. The smallest absolute Gasteiger partial charge is 0.385 e. The molecule has 0 fully saturated rings. The van der Waals surface area contributed by atoms with Crippen molar-refractivity contribution in [2.45, 2.75) is 92.9 Å². The van der Waals surface area contributed by atoms with Gasteiger partial charge >= 0.3 is 15.6 Å². The summed E-state index contributed by atoms with van der Waals surface area (Å²) in [4.78, 5) is 21.6. The van der Waals surface area contributed by atoms with Crippen molar-refractivity contribution in [3.63, 3.8) is 0 Å². The van der Waals surface area contributed by atoms with Gasteiger partial charge in [-0.3, -0.25) is 0 Å². The Labute approximate surface area is 250 Å². The highest BCUT2D eigenvalue weighted by Gasteiger charge is 2.38. The zero-order valence-electron chi connectivity index (χ0n) is 26.3. The van der Waals surface area contributed by atoms with Crippen molar-refractivity contribution in [3.8, 4) is 17.2 Å². The molecule has 0 atom stereocenters. The monoisotopic (exact) mass is 620 g/mol. The van der Waals surface area contributed by atoms with Crippen LogP contribution in [0.1, 0.15) is 112 Å². The molecule has 0 aliphatic heterocycles. The summed E-state index contributed by atoms with van der Waals surface area (Å²) >= 11 is 0. The summed E-state index contributed by atoms with van der Waals surface area (Å²) in [5, 5.41) is 0. The van der Waals surface area contributed by atoms with Gasteiger partial charge in [0, 0.05) is 0 Å². The van der Waals surface area contributed by atoms with Crippen molar-refractivity contribution < 1.29 is 37.4 Å². The maximum absolute atomic E-state index is 14.9. The van der Waals surface area contributed by atoms with Gasteiger partial charge in [-0.2, -0.15) is 4.57 Å². The van der Waals surface area contributed by atoms with Crippen LogP contribution in [0.25, 0.3) is 0 Å². The lowest BCUT2D eigenvalue weighted by atomic mass is 9.94. The lowest BCUT2D eigenvalue weighted by Gasteiger charge is -2.27. The van der Waals surface area contributed by atoms with Crippen LogP contribution in [0.2, 0.25) is 0 Å². The van der Waals surface area contributed by atoms with Crippen molar-refractivity contribution in [2.24, 2.45) is 0 Å². The second-order valence-electron chi connectivity index (χ2n) is 11.6. The van der Waals surface area contributed by atoms with Crippen molar-refractivity contribution in [3.05, 3.63) is 88.0 Å². The molecule has 0 aromatic heterocycles. The number of rotatable bonds is 10. The molecule has 3 N–H and O–H groups in total. The summed E-state index contributed by atoms with van der Waals surface area (Å²) in [6.07, 6.45) is 0. The quantitative estimate of drug-likeness (QED) is 0.192. The fourth-order valence-electron chi connectivity index (χ4n) is 4.51. The van der Waals surface area contributed by atoms with Crippen LogP contribution >= 0.6 is 15.6 Å². The van der Waals surface area contributed by atoms with Gasteiger partial charge in [0.2, 0.25) is 0 Å². The van der Waals surface area contributed by atoms with Crippen LogP contribution in [-0.4, -0.2) is 14.7 Å². The Morgan fingerprint density at radius 1 is 0.500 bits per heavy atom. The molecule has 3 aromatic rings. The second-order valence-corrected chi connectivity index (χ2v) is 14.1. The molecule has 232 valence electrons. The number of hydrogen-bond acceptors (Lipinski definition) is 5. The van der Waals surface area contributed by atoms with Crippen LogP contribution in [0.5, 0.6) is 17.2 Å². The third-order valence-corrected chi connectivity index (χ3v) is 7.88. The van der Waals surface area contributed by atoms with Gasteiger partial charge < -0.3 is 28.3 Å². The van der Waals surface area contributed by atoms with Crippen molar-refractivity contribution in [2.75, 3.05) is 0 Å². The number of phosphoric acid groups is 2. The van der Waals surface area contributed by atoms with Gasteiger partial charge in [-0.05, 0) is 70.9 Å².